The Bertz CT molecular complexity index is 719. The molecule has 1 aromatic heterocycles. The van der Waals surface area contributed by atoms with E-state index in [-0.39, 0.29) is 0 Å². The second-order valence-electron chi connectivity index (χ2n) is 4.62. The average molecular weight is 350 g/mol. The van der Waals surface area contributed by atoms with Crippen LogP contribution in [0.25, 0.3) is 10.9 Å². The number of hydrogen-bond acceptors (Lipinski definition) is 1. The molecule has 2 aromatic carbocycles. The fourth-order valence-electron chi connectivity index (χ4n) is 2.28. The molecule has 4 heteroatoms. The molecular formula is C16H14BrClN2. The van der Waals surface area contributed by atoms with Crippen LogP contribution in [-0.4, -0.2) is 11.1 Å². The number of aromatic nitrogens is 1. The van der Waals surface area contributed by atoms with Crippen molar-refractivity contribution in [2.45, 2.75) is 6.54 Å². The summed E-state index contributed by atoms with van der Waals surface area (Å²) in [4.78, 5) is 0. The van der Waals surface area contributed by atoms with E-state index in [0.717, 1.165) is 28.3 Å². The third kappa shape index (κ3) is 2.84. The van der Waals surface area contributed by atoms with Gasteiger partial charge in [0.05, 0.1) is 0 Å². The molecule has 0 fully saturated rings. The van der Waals surface area contributed by atoms with Gasteiger partial charge in [0.25, 0.3) is 0 Å². The largest absolute Gasteiger partial charge is 0.383 e. The van der Waals surface area contributed by atoms with Crippen LogP contribution in [-0.2, 0) is 6.54 Å². The minimum absolute atomic E-state index is 0.760. The van der Waals surface area contributed by atoms with E-state index in [4.69, 9.17) is 11.6 Å². The van der Waals surface area contributed by atoms with E-state index in [0.29, 0.717) is 0 Å². The molecule has 2 nitrogen and oxygen atoms in total. The minimum Gasteiger partial charge on any atom is -0.383 e. The van der Waals surface area contributed by atoms with Crippen molar-refractivity contribution in [2.75, 3.05) is 11.9 Å². The van der Waals surface area contributed by atoms with Gasteiger partial charge in [0.2, 0.25) is 0 Å². The quantitative estimate of drug-likeness (QED) is 0.687. The van der Waals surface area contributed by atoms with Gasteiger partial charge in [-0.15, -0.1) is 0 Å². The lowest BCUT2D eigenvalue weighted by molar-refractivity contribution is 0.756. The molecule has 0 saturated carbocycles. The molecule has 0 spiro atoms. The lowest BCUT2D eigenvalue weighted by Crippen LogP contribution is -2.09. The van der Waals surface area contributed by atoms with E-state index in [1.165, 1.54) is 10.9 Å². The van der Waals surface area contributed by atoms with Crippen LogP contribution < -0.4 is 5.32 Å². The van der Waals surface area contributed by atoms with Crippen LogP contribution in [0.2, 0.25) is 5.02 Å². The van der Waals surface area contributed by atoms with Crippen LogP contribution in [0.15, 0.2) is 59.2 Å². The average Bonchev–Trinajstić information content (AvgIpc) is 2.79. The molecule has 0 amide bonds. The van der Waals surface area contributed by atoms with Gasteiger partial charge in [-0.25, -0.2) is 0 Å². The molecule has 0 aliphatic rings. The molecule has 0 atom stereocenters. The second-order valence-corrected chi connectivity index (χ2v) is 5.91. The summed E-state index contributed by atoms with van der Waals surface area (Å²) < 4.78 is 3.39. The topological polar surface area (TPSA) is 17.0 Å². The number of halogens is 2. The molecule has 20 heavy (non-hydrogen) atoms. The summed E-state index contributed by atoms with van der Waals surface area (Å²) in [6, 6.07) is 16.2. The molecule has 1 N–H and O–H groups in total. The smallest absolute Gasteiger partial charge is 0.0492 e. The summed E-state index contributed by atoms with van der Waals surface area (Å²) in [6.45, 7) is 1.78. The molecule has 3 rings (SSSR count). The molecule has 102 valence electrons. The van der Waals surface area contributed by atoms with Crippen molar-refractivity contribution in [3.05, 3.63) is 64.2 Å². The van der Waals surface area contributed by atoms with Crippen LogP contribution in [0.1, 0.15) is 0 Å². The lowest BCUT2D eigenvalue weighted by Gasteiger charge is -2.08. The van der Waals surface area contributed by atoms with Crippen molar-refractivity contribution in [1.29, 1.82) is 0 Å². The molecule has 0 bridgehead atoms. The standard InChI is InChI=1S/C16H14BrClN2/c17-15-11-20(16-4-2-1-3-14(15)16)10-9-19-13-7-5-12(18)6-8-13/h1-8,11,19H,9-10H2. The van der Waals surface area contributed by atoms with Crippen LogP contribution >= 0.6 is 27.5 Å². The van der Waals surface area contributed by atoms with Gasteiger partial charge < -0.3 is 9.88 Å². The number of nitrogens with zero attached hydrogens (tertiary/aromatic N) is 1. The van der Waals surface area contributed by atoms with Crippen LogP contribution in [0.4, 0.5) is 5.69 Å². The van der Waals surface area contributed by atoms with Crippen molar-refractivity contribution in [3.63, 3.8) is 0 Å². The van der Waals surface area contributed by atoms with E-state index in [2.05, 4.69) is 56.3 Å². The van der Waals surface area contributed by atoms with Crippen molar-refractivity contribution in [1.82, 2.24) is 4.57 Å². The maximum absolute atomic E-state index is 5.87. The number of rotatable bonds is 4. The van der Waals surface area contributed by atoms with E-state index < -0.39 is 0 Å². The fourth-order valence-corrected chi connectivity index (χ4v) is 2.98. The molecule has 0 unspecified atom stereocenters. The van der Waals surface area contributed by atoms with E-state index in [9.17, 15) is 0 Å². The third-order valence-corrected chi connectivity index (χ3v) is 4.15. The van der Waals surface area contributed by atoms with Crippen molar-refractivity contribution in [2.24, 2.45) is 0 Å². The number of fused-ring (bicyclic) bond motifs is 1. The molecule has 3 aromatic rings. The number of para-hydroxylation sites is 1. The first-order valence-corrected chi connectivity index (χ1v) is 7.64. The monoisotopic (exact) mass is 348 g/mol. The van der Waals surface area contributed by atoms with E-state index in [1.807, 2.05) is 24.3 Å². The van der Waals surface area contributed by atoms with Gasteiger partial charge in [-0.2, -0.15) is 0 Å². The zero-order chi connectivity index (χ0) is 13.9. The summed E-state index contributed by atoms with van der Waals surface area (Å²) >= 11 is 9.48. The Balaban J connectivity index is 1.70. The van der Waals surface area contributed by atoms with Gasteiger partial charge in [0.15, 0.2) is 0 Å². The highest BCUT2D eigenvalue weighted by Gasteiger charge is 2.04. The Kier molecular flexibility index (Phi) is 3.99. The molecule has 0 aliphatic heterocycles. The van der Waals surface area contributed by atoms with Gasteiger partial charge in [-0.05, 0) is 46.3 Å². The first-order chi connectivity index (χ1) is 9.74. The van der Waals surface area contributed by atoms with Crippen LogP contribution in [0.5, 0.6) is 0 Å². The molecule has 1 heterocycles. The maximum Gasteiger partial charge on any atom is 0.0492 e. The number of benzene rings is 2. The number of nitrogens with one attached hydrogen (secondary N) is 1. The molecule has 0 aliphatic carbocycles. The van der Waals surface area contributed by atoms with Crippen molar-refractivity contribution < 1.29 is 0 Å². The van der Waals surface area contributed by atoms with Gasteiger partial charge in [-0.1, -0.05) is 29.8 Å². The van der Waals surface area contributed by atoms with Crippen molar-refractivity contribution >= 4 is 44.1 Å². The summed E-state index contributed by atoms with van der Waals surface area (Å²) in [5, 5.41) is 5.41. The SMILES string of the molecule is Clc1ccc(NCCn2cc(Br)c3ccccc32)cc1. The first kappa shape index (κ1) is 13.5. The minimum atomic E-state index is 0.760. The summed E-state index contributed by atoms with van der Waals surface area (Å²) in [5.74, 6) is 0. The Hall–Kier alpha value is -1.45. The maximum atomic E-state index is 5.87. The first-order valence-electron chi connectivity index (χ1n) is 6.47. The Morgan fingerprint density at radius 1 is 1.05 bits per heavy atom. The summed E-state index contributed by atoms with van der Waals surface area (Å²) in [5.41, 5.74) is 2.34. The van der Waals surface area contributed by atoms with Gasteiger partial charge in [0.1, 0.15) is 0 Å². The predicted octanol–water partition coefficient (Wildman–Crippen LogP) is 5.17. The van der Waals surface area contributed by atoms with Gasteiger partial charge >= 0.3 is 0 Å². The van der Waals surface area contributed by atoms with E-state index in [1.54, 1.807) is 0 Å². The lowest BCUT2D eigenvalue weighted by atomic mass is 10.2. The fraction of sp³-hybridized carbons (Fsp3) is 0.125. The highest BCUT2D eigenvalue weighted by molar-refractivity contribution is 9.10. The van der Waals surface area contributed by atoms with Crippen LogP contribution in [0, 0.1) is 0 Å². The number of hydrogen-bond donors (Lipinski definition) is 1. The van der Waals surface area contributed by atoms with E-state index >= 15 is 0 Å². The zero-order valence-electron chi connectivity index (χ0n) is 10.8. The van der Waals surface area contributed by atoms with Gasteiger partial charge in [0, 0.05) is 45.4 Å². The summed E-state index contributed by atoms with van der Waals surface area (Å²) in [7, 11) is 0. The number of anilines is 1. The molecule has 0 radical (unpaired) electrons. The highest BCUT2D eigenvalue weighted by atomic mass is 79.9. The van der Waals surface area contributed by atoms with Crippen molar-refractivity contribution in [3.8, 4) is 0 Å². The second kappa shape index (κ2) is 5.90. The molecule has 0 saturated heterocycles. The highest BCUT2D eigenvalue weighted by Crippen LogP contribution is 2.25. The van der Waals surface area contributed by atoms with Crippen LogP contribution in [0.3, 0.4) is 0 Å². The van der Waals surface area contributed by atoms with Gasteiger partial charge in [-0.3, -0.25) is 0 Å². The predicted molar refractivity (Wildman–Crippen MR) is 89.6 cm³/mol. The zero-order valence-corrected chi connectivity index (χ0v) is 13.2. The third-order valence-electron chi connectivity index (χ3n) is 3.27. The molecular weight excluding hydrogens is 336 g/mol. The Labute approximate surface area is 131 Å². The Morgan fingerprint density at radius 3 is 2.60 bits per heavy atom. The Morgan fingerprint density at radius 2 is 1.80 bits per heavy atom. The summed E-state index contributed by atoms with van der Waals surface area (Å²) in [6.07, 6.45) is 2.13. The normalized spacial score (nSPS) is 10.9.